The van der Waals surface area contributed by atoms with Crippen molar-refractivity contribution in [2.24, 2.45) is 0 Å². The van der Waals surface area contributed by atoms with Crippen molar-refractivity contribution >= 4 is 33.4 Å². The zero-order valence-corrected chi connectivity index (χ0v) is 12.0. The van der Waals surface area contributed by atoms with E-state index in [1.165, 1.54) is 17.8 Å². The first-order chi connectivity index (χ1) is 9.10. The van der Waals surface area contributed by atoms with E-state index in [9.17, 15) is 10.1 Å². The number of aliphatic hydroxyl groups excluding tert-OH is 1. The largest absolute Gasteiger partial charge is 0.391 e. The number of hydrogen-bond acceptors (Lipinski definition) is 5. The van der Waals surface area contributed by atoms with Gasteiger partial charge in [0.05, 0.1) is 17.1 Å². The van der Waals surface area contributed by atoms with E-state index in [2.05, 4.69) is 20.9 Å². The normalized spacial score (nSPS) is 10.4. The van der Waals surface area contributed by atoms with E-state index in [1.807, 2.05) is 12.1 Å². The van der Waals surface area contributed by atoms with Gasteiger partial charge in [0, 0.05) is 21.6 Å². The SMILES string of the molecule is O=[N+]([O-])c1ccc(Sc2ccc(Br)cn2)cc1CO. The van der Waals surface area contributed by atoms with Crippen LogP contribution in [0, 0.1) is 10.1 Å². The maximum absolute atomic E-state index is 10.8. The number of nitro benzene ring substituents is 1. The van der Waals surface area contributed by atoms with Crippen LogP contribution in [0.2, 0.25) is 0 Å². The number of pyridine rings is 1. The quantitative estimate of drug-likeness (QED) is 0.681. The first-order valence-electron chi connectivity index (χ1n) is 5.27. The van der Waals surface area contributed by atoms with Crippen molar-refractivity contribution in [3.8, 4) is 0 Å². The fourth-order valence-corrected chi connectivity index (χ4v) is 2.53. The zero-order valence-electron chi connectivity index (χ0n) is 9.62. The smallest absolute Gasteiger partial charge is 0.274 e. The van der Waals surface area contributed by atoms with Gasteiger partial charge in [0.15, 0.2) is 0 Å². The molecular weight excluding hydrogens is 332 g/mol. The summed E-state index contributed by atoms with van der Waals surface area (Å²) in [6.07, 6.45) is 1.68. The highest BCUT2D eigenvalue weighted by atomic mass is 79.9. The molecule has 0 radical (unpaired) electrons. The molecule has 7 heteroatoms. The lowest BCUT2D eigenvalue weighted by Crippen LogP contribution is -1.95. The van der Waals surface area contributed by atoms with E-state index < -0.39 is 4.92 Å². The van der Waals surface area contributed by atoms with Crippen LogP contribution in [0.5, 0.6) is 0 Å². The van der Waals surface area contributed by atoms with E-state index in [0.717, 1.165) is 14.4 Å². The number of rotatable bonds is 4. The maximum Gasteiger partial charge on any atom is 0.274 e. The third-order valence-corrected chi connectivity index (χ3v) is 3.75. The highest BCUT2D eigenvalue weighted by Gasteiger charge is 2.13. The second-order valence-corrected chi connectivity index (χ2v) is 5.63. The molecule has 1 aromatic heterocycles. The molecule has 0 aliphatic carbocycles. The van der Waals surface area contributed by atoms with Gasteiger partial charge in [-0.15, -0.1) is 0 Å². The molecule has 2 aromatic rings. The van der Waals surface area contributed by atoms with Gasteiger partial charge in [0.2, 0.25) is 0 Å². The number of nitro groups is 1. The van der Waals surface area contributed by atoms with Crippen molar-refractivity contribution in [2.75, 3.05) is 0 Å². The zero-order chi connectivity index (χ0) is 13.8. The van der Waals surface area contributed by atoms with Gasteiger partial charge >= 0.3 is 0 Å². The second-order valence-electron chi connectivity index (χ2n) is 3.62. The summed E-state index contributed by atoms with van der Waals surface area (Å²) in [4.78, 5) is 15.3. The molecule has 19 heavy (non-hydrogen) atoms. The Labute approximate surface area is 122 Å². The van der Waals surface area contributed by atoms with Crippen LogP contribution in [0.25, 0.3) is 0 Å². The molecule has 2 rings (SSSR count). The Bertz CT molecular complexity index is 604. The molecule has 0 saturated carbocycles. The summed E-state index contributed by atoms with van der Waals surface area (Å²) in [6, 6.07) is 8.35. The van der Waals surface area contributed by atoms with Gasteiger partial charge in [-0.1, -0.05) is 11.8 Å². The molecule has 0 unspecified atom stereocenters. The fraction of sp³-hybridized carbons (Fsp3) is 0.0833. The number of halogens is 1. The molecule has 0 atom stereocenters. The summed E-state index contributed by atoms with van der Waals surface area (Å²) >= 11 is 4.68. The van der Waals surface area contributed by atoms with Gasteiger partial charge in [0.25, 0.3) is 5.69 Å². The number of nitrogens with zero attached hydrogens (tertiary/aromatic N) is 2. The minimum Gasteiger partial charge on any atom is -0.391 e. The Morgan fingerprint density at radius 1 is 1.37 bits per heavy atom. The summed E-state index contributed by atoms with van der Waals surface area (Å²) in [5, 5.41) is 20.7. The Kier molecular flexibility index (Phi) is 4.52. The third kappa shape index (κ3) is 3.52. The van der Waals surface area contributed by atoms with Crippen LogP contribution in [-0.2, 0) is 6.61 Å². The predicted octanol–water partition coefficient (Wildman–Crippen LogP) is 3.40. The van der Waals surface area contributed by atoms with E-state index in [4.69, 9.17) is 5.11 Å². The Morgan fingerprint density at radius 3 is 2.74 bits per heavy atom. The lowest BCUT2D eigenvalue weighted by atomic mass is 10.2. The van der Waals surface area contributed by atoms with Crippen LogP contribution in [0.3, 0.4) is 0 Å². The molecule has 0 aliphatic heterocycles. The van der Waals surface area contributed by atoms with Crippen molar-refractivity contribution in [2.45, 2.75) is 16.5 Å². The van der Waals surface area contributed by atoms with Crippen molar-refractivity contribution in [3.63, 3.8) is 0 Å². The highest BCUT2D eigenvalue weighted by molar-refractivity contribution is 9.10. The lowest BCUT2D eigenvalue weighted by molar-refractivity contribution is -0.385. The molecule has 0 bridgehead atoms. The highest BCUT2D eigenvalue weighted by Crippen LogP contribution is 2.30. The molecule has 0 aliphatic rings. The van der Waals surface area contributed by atoms with Crippen LogP contribution in [0.4, 0.5) is 5.69 Å². The fourth-order valence-electron chi connectivity index (χ4n) is 1.47. The summed E-state index contributed by atoms with van der Waals surface area (Å²) < 4.78 is 0.886. The molecule has 5 nitrogen and oxygen atoms in total. The molecule has 1 heterocycles. The van der Waals surface area contributed by atoms with Crippen molar-refractivity contribution < 1.29 is 10.0 Å². The Balaban J connectivity index is 2.26. The first-order valence-corrected chi connectivity index (χ1v) is 6.88. The van der Waals surface area contributed by atoms with E-state index in [0.29, 0.717) is 5.56 Å². The molecular formula is C12H9BrN2O3S. The molecule has 0 saturated heterocycles. The summed E-state index contributed by atoms with van der Waals surface area (Å²) in [6.45, 7) is -0.363. The van der Waals surface area contributed by atoms with E-state index in [-0.39, 0.29) is 12.3 Å². The maximum atomic E-state index is 10.8. The average Bonchev–Trinajstić information content (AvgIpc) is 2.41. The minimum absolute atomic E-state index is 0.0735. The van der Waals surface area contributed by atoms with Crippen LogP contribution in [0.1, 0.15) is 5.56 Å². The number of aromatic nitrogens is 1. The predicted molar refractivity (Wildman–Crippen MR) is 75.1 cm³/mol. The van der Waals surface area contributed by atoms with E-state index >= 15 is 0 Å². The first kappa shape index (κ1) is 14.0. The monoisotopic (exact) mass is 340 g/mol. The third-order valence-electron chi connectivity index (χ3n) is 2.34. The van der Waals surface area contributed by atoms with Crippen molar-refractivity contribution in [1.82, 2.24) is 4.98 Å². The summed E-state index contributed by atoms with van der Waals surface area (Å²) in [5.41, 5.74) is 0.225. The molecule has 98 valence electrons. The molecule has 0 fully saturated rings. The van der Waals surface area contributed by atoms with Gasteiger partial charge in [-0.25, -0.2) is 4.98 Å². The molecule has 0 amide bonds. The van der Waals surface area contributed by atoms with Gasteiger partial charge in [-0.05, 0) is 40.2 Å². The van der Waals surface area contributed by atoms with Crippen LogP contribution >= 0.6 is 27.7 Å². The van der Waals surface area contributed by atoms with Gasteiger partial charge in [0.1, 0.15) is 5.03 Å². The van der Waals surface area contributed by atoms with E-state index in [1.54, 1.807) is 18.3 Å². The lowest BCUT2D eigenvalue weighted by Gasteiger charge is -2.04. The number of benzene rings is 1. The average molecular weight is 341 g/mol. The topological polar surface area (TPSA) is 76.3 Å². The molecule has 1 aromatic carbocycles. The van der Waals surface area contributed by atoms with Crippen molar-refractivity contribution in [3.05, 3.63) is 56.7 Å². The standard InChI is InChI=1S/C12H9BrN2O3S/c13-9-1-4-12(14-6-9)19-10-2-3-11(15(17)18)8(5-10)7-16/h1-6,16H,7H2. The van der Waals surface area contributed by atoms with Gasteiger partial charge in [-0.3, -0.25) is 10.1 Å². The number of aliphatic hydroxyl groups is 1. The van der Waals surface area contributed by atoms with Crippen LogP contribution < -0.4 is 0 Å². The molecule has 0 spiro atoms. The van der Waals surface area contributed by atoms with Crippen LogP contribution in [0.15, 0.2) is 50.9 Å². The Hall–Kier alpha value is -1.44. The van der Waals surface area contributed by atoms with Crippen molar-refractivity contribution in [1.29, 1.82) is 0 Å². The second kappa shape index (κ2) is 6.14. The summed E-state index contributed by atoms with van der Waals surface area (Å²) in [7, 11) is 0. The molecule has 1 N–H and O–H groups in total. The van der Waals surface area contributed by atoms with Gasteiger partial charge in [-0.2, -0.15) is 0 Å². The minimum atomic E-state index is -0.502. The number of hydrogen-bond donors (Lipinski definition) is 1. The van der Waals surface area contributed by atoms with Crippen LogP contribution in [-0.4, -0.2) is 15.0 Å². The summed E-state index contributed by atoms with van der Waals surface area (Å²) in [5.74, 6) is 0. The Morgan fingerprint density at radius 2 is 2.16 bits per heavy atom. The van der Waals surface area contributed by atoms with Gasteiger partial charge < -0.3 is 5.11 Å².